The van der Waals surface area contributed by atoms with Crippen LogP contribution >= 0.6 is 11.3 Å². The third-order valence-electron chi connectivity index (χ3n) is 7.34. The van der Waals surface area contributed by atoms with Gasteiger partial charge < -0.3 is 4.74 Å². The molecule has 1 saturated heterocycles. The summed E-state index contributed by atoms with van der Waals surface area (Å²) >= 11 is 1.35. The van der Waals surface area contributed by atoms with Crippen LogP contribution in [0.15, 0.2) is 60.2 Å². The van der Waals surface area contributed by atoms with Crippen LogP contribution in [0.1, 0.15) is 59.8 Å². The summed E-state index contributed by atoms with van der Waals surface area (Å²) < 4.78 is 32.1. The second-order valence-electron chi connectivity index (χ2n) is 10.3. The molecular weight excluding hydrogens is 528 g/mol. The molecular formula is C33H31F2NO3S. The van der Waals surface area contributed by atoms with Gasteiger partial charge in [-0.1, -0.05) is 36.4 Å². The van der Waals surface area contributed by atoms with Gasteiger partial charge in [0.2, 0.25) is 5.78 Å². The lowest BCUT2D eigenvalue weighted by atomic mass is 9.93. The number of hydrogen-bond acceptors (Lipinski definition) is 5. The van der Waals surface area contributed by atoms with E-state index in [2.05, 4.69) is 35.2 Å². The molecule has 0 aliphatic carbocycles. The lowest BCUT2D eigenvalue weighted by Crippen LogP contribution is -2.40. The maximum atomic E-state index is 14.0. The van der Waals surface area contributed by atoms with E-state index in [-0.39, 0.29) is 18.3 Å². The number of rotatable bonds is 9. The predicted octanol–water partition coefficient (Wildman–Crippen LogP) is 7.32. The highest BCUT2D eigenvalue weighted by Gasteiger charge is 2.24. The van der Waals surface area contributed by atoms with Crippen LogP contribution in [0.5, 0.6) is 0 Å². The van der Waals surface area contributed by atoms with Crippen LogP contribution in [0.3, 0.4) is 0 Å². The number of carbonyl (C=O) groups is 2. The Kier molecular flexibility index (Phi) is 8.24. The smallest absolute Gasteiger partial charge is 0.337 e. The van der Waals surface area contributed by atoms with Crippen molar-refractivity contribution in [2.75, 3.05) is 33.4 Å². The van der Waals surface area contributed by atoms with E-state index < -0.39 is 5.97 Å². The SMILES string of the molecule is COC(=O)c1ccc2c(Cc3ccc(C=C4CN(CCCF)C4)cc3)c(C(=O)c3c(C)cc(F)cc3C)sc2c1. The van der Waals surface area contributed by atoms with Crippen LogP contribution in [0, 0.1) is 19.7 Å². The molecule has 0 radical (unpaired) electrons. The van der Waals surface area contributed by atoms with Crippen LogP contribution < -0.4 is 0 Å². The largest absolute Gasteiger partial charge is 0.465 e. The Hall–Kier alpha value is -3.68. The molecule has 7 heteroatoms. The molecule has 0 unspecified atom stereocenters. The van der Waals surface area contributed by atoms with Crippen molar-refractivity contribution in [2.45, 2.75) is 26.7 Å². The predicted molar refractivity (Wildman–Crippen MR) is 157 cm³/mol. The van der Waals surface area contributed by atoms with E-state index in [9.17, 15) is 18.4 Å². The zero-order chi connectivity index (χ0) is 28.4. The number of hydrogen-bond donors (Lipinski definition) is 0. The number of fused-ring (bicyclic) bond motifs is 1. The lowest BCUT2D eigenvalue weighted by Gasteiger charge is -2.33. The Balaban J connectivity index is 1.47. The number of methoxy groups -OCH3 is 1. The van der Waals surface area contributed by atoms with Gasteiger partial charge in [-0.25, -0.2) is 9.18 Å². The number of carbonyl (C=O) groups excluding carboxylic acids is 2. The maximum absolute atomic E-state index is 14.0. The van der Waals surface area contributed by atoms with Crippen molar-refractivity contribution < 1.29 is 23.1 Å². The van der Waals surface area contributed by atoms with E-state index >= 15 is 0 Å². The minimum Gasteiger partial charge on any atom is -0.465 e. The average molecular weight is 560 g/mol. The molecule has 3 aromatic carbocycles. The van der Waals surface area contributed by atoms with Crippen molar-refractivity contribution in [1.82, 2.24) is 4.90 Å². The Bertz CT molecular complexity index is 1590. The average Bonchev–Trinajstić information content (AvgIpc) is 3.27. The highest BCUT2D eigenvalue weighted by atomic mass is 32.1. The molecule has 0 amide bonds. The fraction of sp³-hybridized carbons (Fsp3) is 0.273. The van der Waals surface area contributed by atoms with Crippen molar-refractivity contribution in [3.05, 3.63) is 110 Å². The zero-order valence-electron chi connectivity index (χ0n) is 22.9. The van der Waals surface area contributed by atoms with Crippen molar-refractivity contribution in [1.29, 1.82) is 0 Å². The van der Waals surface area contributed by atoms with Crippen LogP contribution in [-0.2, 0) is 11.2 Å². The molecule has 5 rings (SSSR count). The summed E-state index contributed by atoms with van der Waals surface area (Å²) in [5, 5.41) is 0.910. The first-order valence-corrected chi connectivity index (χ1v) is 14.1. The van der Waals surface area contributed by atoms with Crippen LogP contribution in [0.4, 0.5) is 8.78 Å². The van der Waals surface area contributed by atoms with Gasteiger partial charge >= 0.3 is 5.97 Å². The van der Waals surface area contributed by atoms with Gasteiger partial charge in [0.25, 0.3) is 0 Å². The number of halogens is 2. The quantitative estimate of drug-likeness (QED) is 0.159. The minimum absolute atomic E-state index is 0.144. The molecule has 2 heterocycles. The van der Waals surface area contributed by atoms with Crippen molar-refractivity contribution >= 4 is 39.3 Å². The summed E-state index contributed by atoms with van der Waals surface area (Å²) in [4.78, 5) is 28.9. The van der Waals surface area contributed by atoms with Crippen molar-refractivity contribution in [3.8, 4) is 0 Å². The summed E-state index contributed by atoms with van der Waals surface area (Å²) in [6, 6.07) is 16.4. The molecule has 1 aromatic heterocycles. The molecule has 1 fully saturated rings. The van der Waals surface area contributed by atoms with E-state index in [4.69, 9.17) is 4.74 Å². The summed E-state index contributed by atoms with van der Waals surface area (Å²) in [7, 11) is 1.34. The minimum atomic E-state index is -0.434. The van der Waals surface area contributed by atoms with E-state index in [0.717, 1.165) is 46.4 Å². The molecule has 1 aliphatic rings. The molecule has 40 heavy (non-hydrogen) atoms. The second kappa shape index (κ2) is 11.8. The Labute approximate surface area is 236 Å². The number of benzene rings is 3. The lowest BCUT2D eigenvalue weighted by molar-refractivity contribution is 0.0600. The summed E-state index contributed by atoms with van der Waals surface area (Å²) in [5.74, 6) is -0.943. The highest BCUT2D eigenvalue weighted by Crippen LogP contribution is 2.36. The second-order valence-corrected chi connectivity index (χ2v) is 11.4. The van der Waals surface area contributed by atoms with E-state index in [0.29, 0.717) is 40.0 Å². The number of thiophene rings is 1. The monoisotopic (exact) mass is 559 g/mol. The summed E-state index contributed by atoms with van der Waals surface area (Å²) in [5.41, 5.74) is 6.50. The first-order chi connectivity index (χ1) is 19.3. The van der Waals surface area contributed by atoms with Gasteiger partial charge in [-0.05, 0) is 89.7 Å². The summed E-state index contributed by atoms with van der Waals surface area (Å²) in [6.07, 6.45) is 3.29. The molecule has 0 spiro atoms. The highest BCUT2D eigenvalue weighted by molar-refractivity contribution is 7.21. The number of esters is 1. The van der Waals surface area contributed by atoms with Gasteiger partial charge in [0.05, 0.1) is 24.2 Å². The standard InChI is InChI=1S/C33H31F2NO3S/c1-20-13-26(35)14-21(2)30(20)31(37)32-28(27-10-9-25(33(38)39-3)17-29(27)40-32)16-23-7-5-22(6-8-23)15-24-18-36(19-24)12-4-11-34/h5-10,13-15,17H,4,11-12,16,18-19H2,1-3H3. The normalized spacial score (nSPS) is 13.4. The van der Waals surface area contributed by atoms with Gasteiger partial charge in [0.1, 0.15) is 5.82 Å². The molecule has 0 saturated carbocycles. The Morgan fingerprint density at radius 1 is 1.02 bits per heavy atom. The molecule has 4 aromatic rings. The van der Waals surface area contributed by atoms with Crippen molar-refractivity contribution in [2.24, 2.45) is 0 Å². The van der Waals surface area contributed by atoms with Crippen LogP contribution in [-0.4, -0.2) is 50.1 Å². The fourth-order valence-electron chi connectivity index (χ4n) is 5.37. The number of alkyl halides is 1. The van der Waals surface area contributed by atoms with Crippen LogP contribution in [0.2, 0.25) is 0 Å². The van der Waals surface area contributed by atoms with E-state index in [1.54, 1.807) is 26.0 Å². The summed E-state index contributed by atoms with van der Waals surface area (Å²) in [6.45, 7) is 5.77. The van der Waals surface area contributed by atoms with Gasteiger partial charge in [-0.3, -0.25) is 14.1 Å². The molecule has 0 bridgehead atoms. The first-order valence-electron chi connectivity index (χ1n) is 13.3. The fourth-order valence-corrected chi connectivity index (χ4v) is 6.58. The molecule has 4 nitrogen and oxygen atoms in total. The number of ketones is 1. The number of nitrogens with zero attached hydrogens (tertiary/aromatic N) is 1. The topological polar surface area (TPSA) is 46.6 Å². The number of aryl methyl sites for hydroxylation is 2. The number of ether oxygens (including phenoxy) is 1. The molecule has 0 atom stereocenters. The van der Waals surface area contributed by atoms with E-state index in [1.165, 1.54) is 36.2 Å². The Morgan fingerprint density at radius 3 is 2.38 bits per heavy atom. The van der Waals surface area contributed by atoms with Gasteiger partial charge in [0.15, 0.2) is 0 Å². The molecule has 206 valence electrons. The third kappa shape index (κ3) is 5.76. The van der Waals surface area contributed by atoms with Gasteiger partial charge in [-0.15, -0.1) is 11.3 Å². The van der Waals surface area contributed by atoms with Gasteiger partial charge in [0, 0.05) is 29.9 Å². The zero-order valence-corrected chi connectivity index (χ0v) is 23.7. The molecule has 0 N–H and O–H groups in total. The number of likely N-dealkylation sites (tertiary alicyclic amines) is 1. The molecule has 1 aliphatic heterocycles. The maximum Gasteiger partial charge on any atom is 0.337 e. The Morgan fingerprint density at radius 2 is 1.73 bits per heavy atom. The van der Waals surface area contributed by atoms with E-state index in [1.807, 2.05) is 6.07 Å². The first kappa shape index (κ1) is 27.9. The van der Waals surface area contributed by atoms with Crippen LogP contribution in [0.25, 0.3) is 16.2 Å². The van der Waals surface area contributed by atoms with Gasteiger partial charge in [-0.2, -0.15) is 0 Å². The third-order valence-corrected chi connectivity index (χ3v) is 8.53. The van der Waals surface area contributed by atoms with Crippen molar-refractivity contribution in [3.63, 3.8) is 0 Å².